The number of carbonyl (C=O) groups is 2. The summed E-state index contributed by atoms with van der Waals surface area (Å²) >= 11 is 0. The maximum Gasteiger partial charge on any atom is 0.305 e. The largest absolute Gasteiger partial charge is 0.481 e. The Hall–Kier alpha value is -1.92. The van der Waals surface area contributed by atoms with Gasteiger partial charge in [0.25, 0.3) is 0 Å². The highest BCUT2D eigenvalue weighted by Gasteiger charge is 2.29. The predicted octanol–water partition coefficient (Wildman–Crippen LogP) is 0.870. The van der Waals surface area contributed by atoms with Crippen molar-refractivity contribution in [2.45, 2.75) is 31.4 Å². The Bertz CT molecular complexity index is 496. The molecule has 0 aromatic heterocycles. The molecule has 0 radical (unpaired) electrons. The van der Waals surface area contributed by atoms with Crippen LogP contribution in [0.2, 0.25) is 0 Å². The van der Waals surface area contributed by atoms with Gasteiger partial charge in [-0.1, -0.05) is 12.1 Å². The number of carboxylic acids is 1. The number of nitrogens with one attached hydrogen (secondary N) is 1. The van der Waals surface area contributed by atoms with Gasteiger partial charge in [-0.15, -0.1) is 0 Å². The van der Waals surface area contributed by atoms with Crippen LogP contribution in [-0.2, 0) is 9.59 Å². The summed E-state index contributed by atoms with van der Waals surface area (Å²) in [6, 6.07) is 5.75. The number of hydrogen-bond acceptors (Lipinski definition) is 4. The van der Waals surface area contributed by atoms with Crippen LogP contribution in [0.3, 0.4) is 0 Å². The van der Waals surface area contributed by atoms with Crippen LogP contribution >= 0.6 is 0 Å². The standard InChI is InChI=1S/C14H18N2O4/c15-11(7-12(17)18)13(19)8-3-5-10(6-4-8)16-14(20)9-1-2-9/h3-6,9,11,13,19H,1-2,7,15H2,(H,16,20)(H,17,18). The molecule has 0 saturated heterocycles. The van der Waals surface area contributed by atoms with Crippen LogP contribution in [0, 0.1) is 5.92 Å². The van der Waals surface area contributed by atoms with Gasteiger partial charge < -0.3 is 21.3 Å². The van der Waals surface area contributed by atoms with E-state index in [1.807, 2.05) is 0 Å². The van der Waals surface area contributed by atoms with Crippen LogP contribution in [0.25, 0.3) is 0 Å². The van der Waals surface area contributed by atoms with Crippen LogP contribution in [0.4, 0.5) is 5.69 Å². The summed E-state index contributed by atoms with van der Waals surface area (Å²) in [5.74, 6) is -0.907. The summed E-state index contributed by atoms with van der Waals surface area (Å²) < 4.78 is 0. The Labute approximate surface area is 116 Å². The minimum absolute atomic E-state index is 0.0147. The summed E-state index contributed by atoms with van der Waals surface area (Å²) in [5.41, 5.74) is 6.80. The van der Waals surface area contributed by atoms with Crippen molar-refractivity contribution in [3.05, 3.63) is 29.8 Å². The zero-order valence-electron chi connectivity index (χ0n) is 11.0. The van der Waals surface area contributed by atoms with E-state index in [2.05, 4.69) is 5.32 Å². The first-order valence-corrected chi connectivity index (χ1v) is 6.53. The minimum atomic E-state index is -1.05. The molecule has 2 atom stereocenters. The van der Waals surface area contributed by atoms with Crippen molar-refractivity contribution in [3.63, 3.8) is 0 Å². The zero-order valence-corrected chi connectivity index (χ0v) is 11.0. The molecular formula is C14H18N2O4. The highest BCUT2D eigenvalue weighted by Crippen LogP contribution is 2.30. The molecule has 20 heavy (non-hydrogen) atoms. The second-order valence-corrected chi connectivity index (χ2v) is 5.09. The highest BCUT2D eigenvalue weighted by molar-refractivity contribution is 5.94. The molecule has 2 rings (SSSR count). The number of hydrogen-bond donors (Lipinski definition) is 4. The molecule has 0 aliphatic heterocycles. The Kier molecular flexibility index (Phi) is 4.36. The molecule has 1 aliphatic rings. The third-order valence-corrected chi connectivity index (χ3v) is 3.28. The van der Waals surface area contributed by atoms with E-state index in [-0.39, 0.29) is 18.2 Å². The molecule has 1 amide bonds. The quantitative estimate of drug-likeness (QED) is 0.616. The lowest BCUT2D eigenvalue weighted by Gasteiger charge is -2.17. The average molecular weight is 278 g/mol. The van der Waals surface area contributed by atoms with Gasteiger partial charge in [0.05, 0.1) is 12.5 Å². The number of rotatable bonds is 6. The van der Waals surface area contributed by atoms with Crippen molar-refractivity contribution in [1.82, 2.24) is 0 Å². The first kappa shape index (κ1) is 14.5. The van der Waals surface area contributed by atoms with Crippen molar-refractivity contribution in [2.24, 2.45) is 11.7 Å². The third kappa shape index (κ3) is 3.79. The van der Waals surface area contributed by atoms with Crippen LogP contribution in [0.5, 0.6) is 0 Å². The number of anilines is 1. The molecule has 6 nitrogen and oxygen atoms in total. The number of aliphatic hydroxyl groups excluding tert-OH is 1. The Morgan fingerprint density at radius 2 is 1.90 bits per heavy atom. The molecule has 6 heteroatoms. The van der Waals surface area contributed by atoms with E-state index in [9.17, 15) is 14.7 Å². The molecule has 0 heterocycles. The lowest BCUT2D eigenvalue weighted by Crippen LogP contribution is -2.30. The van der Waals surface area contributed by atoms with E-state index >= 15 is 0 Å². The van der Waals surface area contributed by atoms with Crippen molar-refractivity contribution in [2.75, 3.05) is 5.32 Å². The van der Waals surface area contributed by atoms with Crippen molar-refractivity contribution in [1.29, 1.82) is 0 Å². The topological polar surface area (TPSA) is 113 Å². The first-order chi connectivity index (χ1) is 9.47. The molecule has 108 valence electrons. The van der Waals surface area contributed by atoms with Gasteiger partial charge in [0.2, 0.25) is 5.91 Å². The van der Waals surface area contributed by atoms with Crippen molar-refractivity contribution < 1.29 is 19.8 Å². The van der Waals surface area contributed by atoms with Crippen molar-refractivity contribution >= 4 is 17.6 Å². The lowest BCUT2D eigenvalue weighted by molar-refractivity contribution is -0.138. The molecule has 1 aromatic carbocycles. The molecule has 1 aliphatic carbocycles. The van der Waals surface area contributed by atoms with E-state index in [1.165, 1.54) is 0 Å². The van der Waals surface area contributed by atoms with E-state index < -0.39 is 18.1 Å². The molecule has 1 fully saturated rings. The maximum absolute atomic E-state index is 11.6. The summed E-state index contributed by atoms with van der Waals surface area (Å²) in [6.45, 7) is 0. The van der Waals surface area contributed by atoms with Gasteiger partial charge in [0.15, 0.2) is 0 Å². The lowest BCUT2D eigenvalue weighted by atomic mass is 10.0. The number of carboxylic acid groups (broad SMARTS) is 1. The number of amides is 1. The molecule has 0 bridgehead atoms. The van der Waals surface area contributed by atoms with Gasteiger partial charge in [-0.25, -0.2) is 0 Å². The van der Waals surface area contributed by atoms with E-state index in [1.54, 1.807) is 24.3 Å². The zero-order chi connectivity index (χ0) is 14.7. The number of benzene rings is 1. The fourth-order valence-corrected chi connectivity index (χ4v) is 1.91. The molecule has 2 unspecified atom stereocenters. The monoisotopic (exact) mass is 278 g/mol. The van der Waals surface area contributed by atoms with Crippen LogP contribution in [0.15, 0.2) is 24.3 Å². The first-order valence-electron chi connectivity index (χ1n) is 6.53. The van der Waals surface area contributed by atoms with Gasteiger partial charge >= 0.3 is 5.97 Å². The second kappa shape index (κ2) is 6.02. The third-order valence-electron chi connectivity index (χ3n) is 3.28. The van der Waals surface area contributed by atoms with E-state index in [0.29, 0.717) is 11.3 Å². The minimum Gasteiger partial charge on any atom is -0.481 e. The number of carbonyl (C=O) groups excluding carboxylic acids is 1. The normalized spacial score (nSPS) is 17.3. The Morgan fingerprint density at radius 3 is 2.40 bits per heavy atom. The molecule has 1 aromatic rings. The van der Waals surface area contributed by atoms with Crippen LogP contribution in [0.1, 0.15) is 30.9 Å². The number of aliphatic hydroxyl groups is 1. The fourth-order valence-electron chi connectivity index (χ4n) is 1.91. The molecule has 0 spiro atoms. The Morgan fingerprint density at radius 1 is 1.30 bits per heavy atom. The number of nitrogens with two attached hydrogens (primary N) is 1. The summed E-state index contributed by atoms with van der Waals surface area (Å²) in [7, 11) is 0. The smallest absolute Gasteiger partial charge is 0.305 e. The van der Waals surface area contributed by atoms with Gasteiger partial charge in [-0.05, 0) is 30.5 Å². The summed E-state index contributed by atoms with van der Waals surface area (Å²) in [5, 5.41) is 21.4. The van der Waals surface area contributed by atoms with Crippen LogP contribution in [-0.4, -0.2) is 28.1 Å². The maximum atomic E-state index is 11.6. The Balaban J connectivity index is 1.96. The van der Waals surface area contributed by atoms with E-state index in [4.69, 9.17) is 10.8 Å². The fraction of sp³-hybridized carbons (Fsp3) is 0.429. The summed E-state index contributed by atoms with van der Waals surface area (Å²) in [6.07, 6.45) is 0.528. The summed E-state index contributed by atoms with van der Waals surface area (Å²) in [4.78, 5) is 22.1. The molecular weight excluding hydrogens is 260 g/mol. The second-order valence-electron chi connectivity index (χ2n) is 5.09. The number of aliphatic carboxylic acids is 1. The van der Waals surface area contributed by atoms with Gasteiger partial charge in [-0.2, -0.15) is 0 Å². The average Bonchev–Trinajstić information content (AvgIpc) is 3.22. The van der Waals surface area contributed by atoms with Gasteiger partial charge in [0.1, 0.15) is 0 Å². The highest BCUT2D eigenvalue weighted by atomic mass is 16.4. The molecule has 5 N–H and O–H groups in total. The predicted molar refractivity (Wildman–Crippen MR) is 73.0 cm³/mol. The SMILES string of the molecule is NC(CC(=O)O)C(O)c1ccc(NC(=O)C2CC2)cc1. The van der Waals surface area contributed by atoms with E-state index in [0.717, 1.165) is 12.8 Å². The van der Waals surface area contributed by atoms with Gasteiger partial charge in [0, 0.05) is 17.6 Å². The van der Waals surface area contributed by atoms with Crippen molar-refractivity contribution in [3.8, 4) is 0 Å². The molecule has 1 saturated carbocycles. The van der Waals surface area contributed by atoms with Crippen LogP contribution < -0.4 is 11.1 Å². The van der Waals surface area contributed by atoms with Gasteiger partial charge in [-0.3, -0.25) is 9.59 Å².